The Hall–Kier alpha value is -1.49. The number of esters is 1. The van der Waals surface area contributed by atoms with Gasteiger partial charge in [-0.2, -0.15) is 0 Å². The standard InChI is InChI=1S/C43H70O13/c1-21(2)11-10-12-22(3)31-28(54-39-36(51)34(49)33(48)29(55-39)20-52-23(4)44)18-43(9)37-26(45)17-25-24(41(37,7)15-16-42(31,43)8)13-14-30(40(25,5)6)56-38-35(50)32(47)27(46)19-53-38/h11,17,22,24,26-39,45-51H,10,12-16,18-20H2,1-9H3/t22-,24-,26+,27-,28+,29-,30+,31+,32+,33-,34+,35-,36-,37-,38+,39-,41+,42-,43+/m1/s1. The monoisotopic (exact) mass is 794 g/mol. The van der Waals surface area contributed by atoms with Crippen molar-refractivity contribution in [2.45, 2.75) is 181 Å². The van der Waals surface area contributed by atoms with Gasteiger partial charge in [-0.05, 0) is 92.8 Å². The van der Waals surface area contributed by atoms with Crippen molar-refractivity contribution in [2.24, 2.45) is 45.3 Å². The lowest BCUT2D eigenvalue weighted by atomic mass is 9.38. The van der Waals surface area contributed by atoms with Gasteiger partial charge >= 0.3 is 5.97 Å². The maximum absolute atomic E-state index is 12.5. The lowest BCUT2D eigenvalue weighted by Gasteiger charge is -2.67. The van der Waals surface area contributed by atoms with Crippen LogP contribution in [-0.4, -0.2) is 129 Å². The van der Waals surface area contributed by atoms with Crippen LogP contribution in [0.2, 0.25) is 0 Å². The van der Waals surface area contributed by atoms with E-state index in [2.05, 4.69) is 61.5 Å². The second-order valence-corrected chi connectivity index (χ2v) is 19.7. The number of carbonyl (C=O) groups is 1. The lowest BCUT2D eigenvalue weighted by molar-refractivity contribution is -0.316. The molecule has 320 valence electrons. The van der Waals surface area contributed by atoms with E-state index in [1.165, 1.54) is 12.5 Å². The number of rotatable bonds is 10. The average Bonchev–Trinajstić information content (AvgIpc) is 3.34. The lowest BCUT2D eigenvalue weighted by Crippen LogP contribution is -2.63. The van der Waals surface area contributed by atoms with E-state index in [-0.39, 0.29) is 53.8 Å². The summed E-state index contributed by atoms with van der Waals surface area (Å²) in [5.41, 5.74) is 0.840. The number of hydrogen-bond acceptors (Lipinski definition) is 13. The quantitative estimate of drug-likeness (QED) is 0.126. The fourth-order valence-electron chi connectivity index (χ4n) is 12.6. The van der Waals surface area contributed by atoms with Crippen LogP contribution in [0.1, 0.15) is 107 Å². The van der Waals surface area contributed by atoms with E-state index >= 15 is 0 Å². The molecule has 0 aromatic heterocycles. The van der Waals surface area contributed by atoms with E-state index in [4.69, 9.17) is 23.7 Å². The first-order chi connectivity index (χ1) is 26.1. The predicted octanol–water partition coefficient (Wildman–Crippen LogP) is 3.13. The molecular weight excluding hydrogens is 724 g/mol. The Morgan fingerprint density at radius 1 is 0.875 bits per heavy atom. The van der Waals surface area contributed by atoms with Gasteiger partial charge in [0.25, 0.3) is 0 Å². The number of ether oxygens (including phenoxy) is 5. The van der Waals surface area contributed by atoms with Crippen molar-refractivity contribution in [3.63, 3.8) is 0 Å². The number of hydrogen-bond donors (Lipinski definition) is 7. The third-order valence-electron chi connectivity index (χ3n) is 15.7. The Morgan fingerprint density at radius 2 is 1.55 bits per heavy atom. The Morgan fingerprint density at radius 3 is 2.21 bits per heavy atom. The van der Waals surface area contributed by atoms with Crippen LogP contribution < -0.4 is 0 Å². The first-order valence-electron chi connectivity index (χ1n) is 20.9. The second kappa shape index (κ2) is 16.2. The average molecular weight is 795 g/mol. The Balaban J connectivity index is 1.31. The Bertz CT molecular complexity index is 1480. The Labute approximate surface area is 332 Å². The predicted molar refractivity (Wildman–Crippen MR) is 204 cm³/mol. The fraction of sp³-hybridized carbons (Fsp3) is 0.884. The van der Waals surface area contributed by atoms with Crippen LogP contribution in [0.15, 0.2) is 23.3 Å². The summed E-state index contributed by atoms with van der Waals surface area (Å²) in [5, 5.41) is 76.3. The summed E-state index contributed by atoms with van der Waals surface area (Å²) in [7, 11) is 0. The fourth-order valence-corrected chi connectivity index (χ4v) is 12.6. The summed E-state index contributed by atoms with van der Waals surface area (Å²) < 4.78 is 30.1. The van der Waals surface area contributed by atoms with Crippen LogP contribution in [0, 0.1) is 45.3 Å². The summed E-state index contributed by atoms with van der Waals surface area (Å²) in [6.07, 6.45) is -3.63. The molecule has 2 heterocycles. The molecule has 2 aliphatic heterocycles. The van der Waals surface area contributed by atoms with Gasteiger partial charge in [0.2, 0.25) is 0 Å². The largest absolute Gasteiger partial charge is 0.463 e. The summed E-state index contributed by atoms with van der Waals surface area (Å²) >= 11 is 0. The minimum Gasteiger partial charge on any atom is -0.463 e. The third-order valence-corrected chi connectivity index (χ3v) is 15.7. The van der Waals surface area contributed by atoms with E-state index in [0.29, 0.717) is 12.8 Å². The molecule has 0 bridgehead atoms. The molecule has 13 heteroatoms. The first kappa shape index (κ1) is 44.1. The highest BCUT2D eigenvalue weighted by molar-refractivity contribution is 5.65. The zero-order valence-corrected chi connectivity index (χ0v) is 34.8. The topological polar surface area (TPSA) is 205 Å². The number of allylic oxidation sites excluding steroid dienone is 2. The van der Waals surface area contributed by atoms with Gasteiger partial charge in [0.1, 0.15) is 49.3 Å². The van der Waals surface area contributed by atoms with Crippen molar-refractivity contribution in [3.8, 4) is 0 Å². The van der Waals surface area contributed by atoms with Crippen LogP contribution in [0.25, 0.3) is 0 Å². The van der Waals surface area contributed by atoms with Gasteiger partial charge < -0.3 is 59.4 Å². The van der Waals surface area contributed by atoms with E-state index in [9.17, 15) is 40.5 Å². The van der Waals surface area contributed by atoms with E-state index in [1.807, 2.05) is 6.08 Å². The number of aliphatic hydroxyl groups excluding tert-OH is 7. The van der Waals surface area contributed by atoms with Gasteiger partial charge in [-0.3, -0.25) is 4.79 Å². The normalized spacial score (nSPS) is 49.1. The Kier molecular flexibility index (Phi) is 12.7. The van der Waals surface area contributed by atoms with Gasteiger partial charge in [0, 0.05) is 18.3 Å². The van der Waals surface area contributed by atoms with Gasteiger partial charge in [-0.15, -0.1) is 0 Å². The minimum absolute atomic E-state index is 0.00303. The highest BCUT2D eigenvalue weighted by Gasteiger charge is 2.72. The van der Waals surface area contributed by atoms with E-state index in [1.54, 1.807) is 0 Å². The SMILES string of the molecule is CC(=O)OC[C@H]1O[C@@H](O[C@H]2C[C@@]3(C)[C@@H]4[C@@H](O)C=C5[C@@H](CC[C@H](O[C@@H]6OC[C@@H](O)[C@H](O)[C@H]6O)C5(C)C)[C@]4(C)CC[C@]3(C)[C@H]2[C@H](C)CCC=C(C)C)[C@H](O)[C@@H](O)[C@@H]1O. The summed E-state index contributed by atoms with van der Waals surface area (Å²) in [5.74, 6) is -0.359. The van der Waals surface area contributed by atoms with Crippen molar-refractivity contribution in [1.82, 2.24) is 0 Å². The number of fused-ring (bicyclic) bond motifs is 5. The molecule has 2 saturated heterocycles. The maximum atomic E-state index is 12.5. The van der Waals surface area contributed by atoms with Gasteiger partial charge in [0.05, 0.1) is 24.9 Å². The smallest absolute Gasteiger partial charge is 0.302 e. The molecule has 0 amide bonds. The van der Waals surface area contributed by atoms with E-state index in [0.717, 1.165) is 37.7 Å². The minimum atomic E-state index is -1.57. The number of carbonyl (C=O) groups excluding carboxylic acids is 1. The van der Waals surface area contributed by atoms with Crippen molar-refractivity contribution in [1.29, 1.82) is 0 Å². The highest BCUT2D eigenvalue weighted by Crippen LogP contribution is 2.75. The molecule has 0 unspecified atom stereocenters. The van der Waals surface area contributed by atoms with Crippen molar-refractivity contribution < 1.29 is 64.2 Å². The molecule has 3 saturated carbocycles. The van der Waals surface area contributed by atoms with Crippen molar-refractivity contribution in [2.75, 3.05) is 13.2 Å². The molecule has 19 atom stereocenters. The van der Waals surface area contributed by atoms with Crippen LogP contribution in [0.4, 0.5) is 0 Å². The first-order valence-corrected chi connectivity index (χ1v) is 20.9. The van der Waals surface area contributed by atoms with Crippen LogP contribution in [0.5, 0.6) is 0 Å². The van der Waals surface area contributed by atoms with Crippen LogP contribution in [-0.2, 0) is 28.5 Å². The zero-order valence-electron chi connectivity index (χ0n) is 34.8. The van der Waals surface area contributed by atoms with Crippen molar-refractivity contribution in [3.05, 3.63) is 23.3 Å². The molecule has 5 fully saturated rings. The molecule has 6 aliphatic rings. The molecular formula is C43H70O13. The van der Waals surface area contributed by atoms with Gasteiger partial charge in [0.15, 0.2) is 12.6 Å². The molecule has 6 rings (SSSR count). The summed E-state index contributed by atoms with van der Waals surface area (Å²) in [6.45, 7) is 18.5. The molecule has 13 nitrogen and oxygen atoms in total. The molecule has 0 radical (unpaired) electrons. The molecule has 4 aliphatic carbocycles. The molecule has 0 spiro atoms. The van der Waals surface area contributed by atoms with E-state index < -0.39 is 84.3 Å². The van der Waals surface area contributed by atoms with Crippen LogP contribution in [0.3, 0.4) is 0 Å². The molecule has 56 heavy (non-hydrogen) atoms. The summed E-state index contributed by atoms with van der Waals surface area (Å²) in [4.78, 5) is 11.6. The molecule has 7 N–H and O–H groups in total. The second-order valence-electron chi connectivity index (χ2n) is 19.7. The highest BCUT2D eigenvalue weighted by atomic mass is 16.7. The number of aliphatic hydroxyl groups is 7. The summed E-state index contributed by atoms with van der Waals surface area (Å²) in [6, 6.07) is 0. The van der Waals surface area contributed by atoms with Gasteiger partial charge in [-0.1, -0.05) is 64.8 Å². The third kappa shape index (κ3) is 7.48. The van der Waals surface area contributed by atoms with Crippen LogP contribution >= 0.6 is 0 Å². The molecule has 0 aromatic carbocycles. The van der Waals surface area contributed by atoms with Crippen molar-refractivity contribution >= 4 is 5.97 Å². The molecule has 0 aromatic rings. The maximum Gasteiger partial charge on any atom is 0.302 e. The van der Waals surface area contributed by atoms with Gasteiger partial charge in [-0.25, -0.2) is 0 Å². The zero-order chi connectivity index (χ0) is 41.3.